The monoisotopic (exact) mass is 359 g/mol. The number of hydrogen-bond donors (Lipinski definition) is 1. The number of benzene rings is 2. The summed E-state index contributed by atoms with van der Waals surface area (Å²) in [6.07, 6.45) is 1.26. The van der Waals surface area contributed by atoms with Crippen molar-refractivity contribution in [3.8, 4) is 0 Å². The highest BCUT2D eigenvalue weighted by atomic mass is 32.2. The Hall–Kier alpha value is -2.47. The van der Waals surface area contributed by atoms with Crippen LogP contribution in [0.15, 0.2) is 59.5 Å². The number of amides is 1. The highest BCUT2D eigenvalue weighted by molar-refractivity contribution is 7.84. The summed E-state index contributed by atoms with van der Waals surface area (Å²) in [5.41, 5.74) is 1.33. The Kier molecular flexibility index (Phi) is 6.89. The summed E-state index contributed by atoms with van der Waals surface area (Å²) in [4.78, 5) is 24.7. The van der Waals surface area contributed by atoms with Crippen molar-refractivity contribution in [2.45, 2.75) is 24.3 Å². The predicted molar refractivity (Wildman–Crippen MR) is 96.8 cm³/mol. The van der Waals surface area contributed by atoms with E-state index < -0.39 is 22.9 Å². The van der Waals surface area contributed by atoms with Gasteiger partial charge >= 0.3 is 5.97 Å². The van der Waals surface area contributed by atoms with Crippen LogP contribution in [0.3, 0.4) is 0 Å². The molecule has 1 N–H and O–H groups in total. The van der Waals surface area contributed by atoms with E-state index in [-0.39, 0.29) is 11.5 Å². The highest BCUT2D eigenvalue weighted by Gasteiger charge is 2.21. The molecule has 132 valence electrons. The number of rotatable bonds is 7. The molecule has 0 unspecified atom stereocenters. The van der Waals surface area contributed by atoms with Crippen LogP contribution >= 0.6 is 0 Å². The van der Waals surface area contributed by atoms with Crippen molar-refractivity contribution in [1.82, 2.24) is 5.32 Å². The van der Waals surface area contributed by atoms with Crippen LogP contribution in [-0.2, 0) is 26.8 Å². The Balaban J connectivity index is 1.88. The van der Waals surface area contributed by atoms with Gasteiger partial charge in [0.15, 0.2) is 6.10 Å². The molecule has 2 aromatic rings. The smallest absolute Gasteiger partial charge is 0.340 e. The molecule has 25 heavy (non-hydrogen) atoms. The van der Waals surface area contributed by atoms with Crippen molar-refractivity contribution < 1.29 is 18.5 Å². The van der Waals surface area contributed by atoms with Crippen molar-refractivity contribution >= 4 is 22.7 Å². The molecular weight excluding hydrogens is 338 g/mol. The fraction of sp³-hybridized carbons (Fsp3) is 0.263. The molecule has 1 amide bonds. The van der Waals surface area contributed by atoms with Gasteiger partial charge in [-0.2, -0.15) is 0 Å². The van der Waals surface area contributed by atoms with Crippen LogP contribution in [0.2, 0.25) is 0 Å². The Labute approximate surface area is 149 Å². The first kappa shape index (κ1) is 18.9. The second-order valence-electron chi connectivity index (χ2n) is 5.52. The van der Waals surface area contributed by atoms with E-state index in [1.54, 1.807) is 24.3 Å². The zero-order valence-electron chi connectivity index (χ0n) is 14.2. The lowest BCUT2D eigenvalue weighted by Crippen LogP contribution is -2.37. The third kappa shape index (κ3) is 5.53. The minimum Gasteiger partial charge on any atom is -0.449 e. The van der Waals surface area contributed by atoms with E-state index in [0.717, 1.165) is 5.56 Å². The number of carbonyl (C=O) groups excluding carboxylic acids is 2. The molecule has 5 nitrogen and oxygen atoms in total. The molecule has 0 aliphatic carbocycles. The Morgan fingerprint density at radius 3 is 2.40 bits per heavy atom. The Morgan fingerprint density at radius 2 is 1.72 bits per heavy atom. The van der Waals surface area contributed by atoms with E-state index in [2.05, 4.69) is 5.32 Å². The first-order valence-electron chi connectivity index (χ1n) is 7.94. The summed E-state index contributed by atoms with van der Waals surface area (Å²) < 4.78 is 16.9. The van der Waals surface area contributed by atoms with E-state index >= 15 is 0 Å². The molecule has 6 heteroatoms. The Morgan fingerprint density at radius 1 is 1.08 bits per heavy atom. The lowest BCUT2D eigenvalue weighted by molar-refractivity contribution is -0.129. The fourth-order valence-electron chi connectivity index (χ4n) is 2.28. The number of ether oxygens (including phenoxy) is 1. The van der Waals surface area contributed by atoms with Gasteiger partial charge in [0.05, 0.1) is 21.3 Å². The summed E-state index contributed by atoms with van der Waals surface area (Å²) in [7, 11) is -1.31. The van der Waals surface area contributed by atoms with Gasteiger partial charge in [-0.15, -0.1) is 0 Å². The zero-order chi connectivity index (χ0) is 18.2. The van der Waals surface area contributed by atoms with Gasteiger partial charge in [-0.1, -0.05) is 42.5 Å². The fourth-order valence-corrected chi connectivity index (χ4v) is 3.01. The van der Waals surface area contributed by atoms with Crippen molar-refractivity contribution in [2.24, 2.45) is 0 Å². The van der Waals surface area contributed by atoms with E-state index in [4.69, 9.17) is 4.74 Å². The predicted octanol–water partition coefficient (Wildman–Crippen LogP) is 2.33. The maximum Gasteiger partial charge on any atom is 0.340 e. The summed E-state index contributed by atoms with van der Waals surface area (Å²) in [6, 6.07) is 16.3. The summed E-state index contributed by atoms with van der Waals surface area (Å²) in [6.45, 7) is 1.97. The molecule has 0 aliphatic rings. The van der Waals surface area contributed by atoms with Gasteiger partial charge < -0.3 is 10.1 Å². The molecule has 0 heterocycles. The molecule has 0 aromatic heterocycles. The molecule has 0 saturated heterocycles. The van der Waals surface area contributed by atoms with Crippen LogP contribution in [0.25, 0.3) is 0 Å². The van der Waals surface area contributed by atoms with Gasteiger partial charge in [-0.3, -0.25) is 9.00 Å². The molecular formula is C19H21NO4S. The SMILES string of the molecule is C[C@@H](OC(=O)c1ccccc1[S@@](C)=O)C(=O)NCCc1ccccc1. The zero-order valence-corrected chi connectivity index (χ0v) is 15.0. The molecule has 0 aliphatic heterocycles. The Bertz CT molecular complexity index is 761. The molecule has 0 saturated carbocycles. The van der Waals surface area contributed by atoms with E-state index in [0.29, 0.717) is 17.9 Å². The van der Waals surface area contributed by atoms with E-state index in [1.807, 2.05) is 30.3 Å². The molecule has 0 radical (unpaired) electrons. The maximum atomic E-state index is 12.2. The van der Waals surface area contributed by atoms with Gasteiger partial charge in [-0.25, -0.2) is 4.79 Å². The summed E-state index contributed by atoms with van der Waals surface area (Å²) >= 11 is 0. The normalized spacial score (nSPS) is 12.9. The average Bonchev–Trinajstić information content (AvgIpc) is 2.62. The van der Waals surface area contributed by atoms with Gasteiger partial charge in [-0.05, 0) is 31.0 Å². The van der Waals surface area contributed by atoms with Crippen LogP contribution in [0.1, 0.15) is 22.8 Å². The molecule has 0 spiro atoms. The lowest BCUT2D eigenvalue weighted by Gasteiger charge is -2.14. The van der Waals surface area contributed by atoms with Crippen LogP contribution in [0.5, 0.6) is 0 Å². The molecule has 2 atom stereocenters. The molecule has 0 fully saturated rings. The lowest BCUT2D eigenvalue weighted by atomic mass is 10.1. The van der Waals surface area contributed by atoms with E-state index in [9.17, 15) is 13.8 Å². The second kappa shape index (κ2) is 9.13. The summed E-state index contributed by atoms with van der Waals surface area (Å²) in [5.74, 6) is -1.02. The first-order valence-corrected chi connectivity index (χ1v) is 9.50. The standard InChI is InChI=1S/C19H21NO4S/c1-14(18(21)20-13-12-15-8-4-3-5-9-15)24-19(22)16-10-6-7-11-17(16)25(2)23/h3-11,14H,12-13H2,1-2H3,(H,20,21)/t14-,25-/m1/s1. The largest absolute Gasteiger partial charge is 0.449 e. The van der Waals surface area contributed by atoms with Crippen LogP contribution in [-0.4, -0.2) is 35.0 Å². The van der Waals surface area contributed by atoms with Crippen LogP contribution in [0.4, 0.5) is 0 Å². The third-order valence-electron chi connectivity index (χ3n) is 3.63. The number of nitrogens with one attached hydrogen (secondary N) is 1. The van der Waals surface area contributed by atoms with Crippen LogP contribution in [0, 0.1) is 0 Å². The van der Waals surface area contributed by atoms with Gasteiger partial charge in [0, 0.05) is 12.8 Å². The van der Waals surface area contributed by atoms with Gasteiger partial charge in [0.2, 0.25) is 0 Å². The maximum absolute atomic E-state index is 12.2. The summed E-state index contributed by atoms with van der Waals surface area (Å²) in [5, 5.41) is 2.75. The first-order chi connectivity index (χ1) is 12.0. The van der Waals surface area contributed by atoms with Crippen molar-refractivity contribution in [3.05, 3.63) is 65.7 Å². The minimum atomic E-state index is -1.31. The number of carbonyl (C=O) groups is 2. The topological polar surface area (TPSA) is 72.5 Å². The van der Waals surface area contributed by atoms with Crippen molar-refractivity contribution in [2.75, 3.05) is 12.8 Å². The van der Waals surface area contributed by atoms with Crippen molar-refractivity contribution in [3.63, 3.8) is 0 Å². The van der Waals surface area contributed by atoms with Gasteiger partial charge in [0.25, 0.3) is 5.91 Å². The minimum absolute atomic E-state index is 0.215. The highest BCUT2D eigenvalue weighted by Crippen LogP contribution is 2.14. The number of esters is 1. The second-order valence-corrected chi connectivity index (χ2v) is 6.87. The number of hydrogen-bond acceptors (Lipinski definition) is 4. The van der Waals surface area contributed by atoms with Crippen LogP contribution < -0.4 is 5.32 Å². The quantitative estimate of drug-likeness (QED) is 0.770. The molecule has 2 rings (SSSR count). The average molecular weight is 359 g/mol. The molecule has 0 bridgehead atoms. The van der Waals surface area contributed by atoms with E-state index in [1.165, 1.54) is 13.2 Å². The van der Waals surface area contributed by atoms with Gasteiger partial charge in [0.1, 0.15) is 0 Å². The molecule has 2 aromatic carbocycles. The third-order valence-corrected chi connectivity index (χ3v) is 4.60. The van der Waals surface area contributed by atoms with Crippen molar-refractivity contribution in [1.29, 1.82) is 0 Å².